The van der Waals surface area contributed by atoms with Gasteiger partial charge in [0.05, 0.1) is 12.6 Å². The quantitative estimate of drug-likeness (QED) is 0.751. The highest BCUT2D eigenvalue weighted by Gasteiger charge is 2.36. The monoisotopic (exact) mass is 212 g/mol. The molecule has 0 aromatic carbocycles. The summed E-state index contributed by atoms with van der Waals surface area (Å²) in [6.07, 6.45) is 4.53. The van der Waals surface area contributed by atoms with Crippen molar-refractivity contribution in [3.05, 3.63) is 0 Å². The van der Waals surface area contributed by atoms with Crippen molar-refractivity contribution in [2.24, 2.45) is 0 Å². The van der Waals surface area contributed by atoms with Crippen LogP contribution in [-0.2, 0) is 4.74 Å². The van der Waals surface area contributed by atoms with E-state index in [1.807, 2.05) is 11.8 Å². The normalized spacial score (nSPS) is 30.9. The molecule has 4 nitrogen and oxygen atoms in total. The van der Waals surface area contributed by atoms with Crippen LogP contribution in [0.3, 0.4) is 0 Å². The number of carbonyl (C=O) groups excluding carboxylic acids is 1. The molecule has 0 bridgehead atoms. The molecule has 2 rings (SSSR count). The van der Waals surface area contributed by atoms with E-state index >= 15 is 0 Å². The molecule has 0 saturated carbocycles. The van der Waals surface area contributed by atoms with Crippen LogP contribution in [0, 0.1) is 0 Å². The summed E-state index contributed by atoms with van der Waals surface area (Å²) in [5.41, 5.74) is 0. The number of rotatable bonds is 2. The zero-order valence-corrected chi connectivity index (χ0v) is 9.37. The number of amides is 1. The van der Waals surface area contributed by atoms with Crippen LogP contribution in [0.4, 0.5) is 4.79 Å². The van der Waals surface area contributed by atoms with E-state index < -0.39 is 0 Å². The van der Waals surface area contributed by atoms with E-state index in [2.05, 4.69) is 5.32 Å². The van der Waals surface area contributed by atoms with Gasteiger partial charge in [0.2, 0.25) is 0 Å². The second-order valence-corrected chi connectivity index (χ2v) is 4.30. The molecule has 2 unspecified atom stereocenters. The lowest BCUT2D eigenvalue weighted by molar-refractivity contribution is 0.0969. The van der Waals surface area contributed by atoms with Gasteiger partial charge in [0, 0.05) is 12.6 Å². The lowest BCUT2D eigenvalue weighted by atomic mass is 10.0. The fourth-order valence-electron chi connectivity index (χ4n) is 2.68. The average molecular weight is 212 g/mol. The highest BCUT2D eigenvalue weighted by Crippen LogP contribution is 2.25. The number of ether oxygens (including phenoxy) is 1. The molecule has 0 aliphatic carbocycles. The van der Waals surface area contributed by atoms with Crippen LogP contribution in [-0.4, -0.2) is 42.8 Å². The first kappa shape index (κ1) is 10.7. The van der Waals surface area contributed by atoms with Gasteiger partial charge in [0.15, 0.2) is 0 Å². The topological polar surface area (TPSA) is 41.6 Å². The summed E-state index contributed by atoms with van der Waals surface area (Å²) in [4.78, 5) is 13.6. The lowest BCUT2D eigenvalue weighted by Gasteiger charge is -2.28. The number of hydrogen-bond donors (Lipinski definition) is 1. The first-order valence-corrected chi connectivity index (χ1v) is 5.99. The van der Waals surface area contributed by atoms with Gasteiger partial charge in [0.1, 0.15) is 0 Å². The SMILES string of the molecule is CCOC(=O)N1CCCC1C1CCCN1. The second kappa shape index (κ2) is 4.84. The maximum atomic E-state index is 11.7. The fourth-order valence-corrected chi connectivity index (χ4v) is 2.68. The number of hydrogen-bond acceptors (Lipinski definition) is 3. The van der Waals surface area contributed by atoms with E-state index in [9.17, 15) is 4.79 Å². The summed E-state index contributed by atoms with van der Waals surface area (Å²) < 4.78 is 5.07. The number of nitrogens with zero attached hydrogens (tertiary/aromatic N) is 1. The van der Waals surface area contributed by atoms with Crippen molar-refractivity contribution in [3.8, 4) is 0 Å². The van der Waals surface area contributed by atoms with Crippen molar-refractivity contribution < 1.29 is 9.53 Å². The van der Waals surface area contributed by atoms with Crippen LogP contribution in [0.2, 0.25) is 0 Å². The van der Waals surface area contributed by atoms with Gasteiger partial charge in [-0.25, -0.2) is 4.79 Å². The fraction of sp³-hybridized carbons (Fsp3) is 0.909. The molecule has 1 amide bonds. The summed E-state index contributed by atoms with van der Waals surface area (Å²) >= 11 is 0. The second-order valence-electron chi connectivity index (χ2n) is 4.30. The van der Waals surface area contributed by atoms with Crippen LogP contribution in [0.25, 0.3) is 0 Å². The number of carbonyl (C=O) groups is 1. The zero-order chi connectivity index (χ0) is 10.7. The predicted molar refractivity (Wildman–Crippen MR) is 57.8 cm³/mol. The summed E-state index contributed by atoms with van der Waals surface area (Å²) in [7, 11) is 0. The number of nitrogens with one attached hydrogen (secondary N) is 1. The molecule has 2 fully saturated rings. The predicted octanol–water partition coefficient (Wildman–Crippen LogP) is 1.36. The molecule has 0 aromatic rings. The Morgan fingerprint density at radius 2 is 2.33 bits per heavy atom. The minimum absolute atomic E-state index is 0.131. The minimum Gasteiger partial charge on any atom is -0.450 e. The van der Waals surface area contributed by atoms with Crippen LogP contribution in [0.5, 0.6) is 0 Å². The Kier molecular flexibility index (Phi) is 3.46. The standard InChI is InChI=1S/C11H20N2O2/c1-2-15-11(14)13-8-4-6-10(13)9-5-3-7-12-9/h9-10,12H,2-8H2,1H3. The third-order valence-corrected chi connectivity index (χ3v) is 3.36. The maximum Gasteiger partial charge on any atom is 0.410 e. The first-order valence-electron chi connectivity index (χ1n) is 5.99. The van der Waals surface area contributed by atoms with Gasteiger partial charge >= 0.3 is 6.09 Å². The Morgan fingerprint density at radius 1 is 1.47 bits per heavy atom. The molecule has 2 saturated heterocycles. The molecular formula is C11H20N2O2. The summed E-state index contributed by atoms with van der Waals surface area (Å²) in [5.74, 6) is 0. The van der Waals surface area contributed by atoms with Crippen molar-refractivity contribution in [2.75, 3.05) is 19.7 Å². The van der Waals surface area contributed by atoms with Gasteiger partial charge in [0.25, 0.3) is 0 Å². The van der Waals surface area contributed by atoms with Gasteiger partial charge < -0.3 is 15.0 Å². The molecule has 86 valence electrons. The highest BCUT2D eigenvalue weighted by atomic mass is 16.6. The molecule has 2 heterocycles. The van der Waals surface area contributed by atoms with Crippen LogP contribution < -0.4 is 5.32 Å². The Labute approximate surface area is 91.0 Å². The zero-order valence-electron chi connectivity index (χ0n) is 9.37. The van der Waals surface area contributed by atoms with Gasteiger partial charge in [-0.05, 0) is 39.2 Å². The van der Waals surface area contributed by atoms with Crippen molar-refractivity contribution in [3.63, 3.8) is 0 Å². The molecule has 15 heavy (non-hydrogen) atoms. The highest BCUT2D eigenvalue weighted by molar-refractivity contribution is 5.68. The Bertz CT molecular complexity index is 227. The van der Waals surface area contributed by atoms with Crippen LogP contribution >= 0.6 is 0 Å². The molecule has 2 aliphatic rings. The van der Waals surface area contributed by atoms with Gasteiger partial charge in [-0.2, -0.15) is 0 Å². The Hall–Kier alpha value is -0.770. The van der Waals surface area contributed by atoms with Crippen molar-refractivity contribution in [2.45, 2.75) is 44.7 Å². The Morgan fingerprint density at radius 3 is 3.00 bits per heavy atom. The first-order chi connectivity index (χ1) is 7.33. The smallest absolute Gasteiger partial charge is 0.410 e. The molecule has 2 atom stereocenters. The molecule has 2 aliphatic heterocycles. The third kappa shape index (κ3) is 2.25. The van der Waals surface area contributed by atoms with E-state index in [1.54, 1.807) is 0 Å². The van der Waals surface area contributed by atoms with E-state index in [0.717, 1.165) is 25.9 Å². The van der Waals surface area contributed by atoms with Crippen LogP contribution in [0.1, 0.15) is 32.6 Å². The third-order valence-electron chi connectivity index (χ3n) is 3.36. The lowest BCUT2D eigenvalue weighted by Crippen LogP contribution is -2.46. The summed E-state index contributed by atoms with van der Waals surface area (Å²) in [6.45, 7) is 4.29. The minimum atomic E-state index is -0.131. The van der Waals surface area contributed by atoms with E-state index in [0.29, 0.717) is 18.7 Å². The van der Waals surface area contributed by atoms with Gasteiger partial charge in [-0.1, -0.05) is 0 Å². The van der Waals surface area contributed by atoms with Crippen molar-refractivity contribution in [1.29, 1.82) is 0 Å². The van der Waals surface area contributed by atoms with Crippen molar-refractivity contribution >= 4 is 6.09 Å². The van der Waals surface area contributed by atoms with Crippen LogP contribution in [0.15, 0.2) is 0 Å². The molecule has 0 spiro atoms. The maximum absolute atomic E-state index is 11.7. The largest absolute Gasteiger partial charge is 0.450 e. The van der Waals surface area contributed by atoms with E-state index in [1.165, 1.54) is 12.8 Å². The van der Waals surface area contributed by atoms with E-state index in [-0.39, 0.29) is 6.09 Å². The molecule has 4 heteroatoms. The summed E-state index contributed by atoms with van der Waals surface area (Å²) in [5, 5.41) is 3.48. The number of likely N-dealkylation sites (tertiary alicyclic amines) is 1. The van der Waals surface area contributed by atoms with Crippen molar-refractivity contribution in [1.82, 2.24) is 10.2 Å². The van der Waals surface area contributed by atoms with E-state index in [4.69, 9.17) is 4.74 Å². The average Bonchev–Trinajstić information content (AvgIpc) is 2.88. The van der Waals surface area contributed by atoms with Gasteiger partial charge in [-0.15, -0.1) is 0 Å². The Balaban J connectivity index is 1.94. The molecule has 0 radical (unpaired) electrons. The molecule has 0 aromatic heterocycles. The molecular weight excluding hydrogens is 192 g/mol. The molecule has 1 N–H and O–H groups in total. The van der Waals surface area contributed by atoms with Gasteiger partial charge in [-0.3, -0.25) is 0 Å². The summed E-state index contributed by atoms with van der Waals surface area (Å²) in [6, 6.07) is 0.864.